The van der Waals surface area contributed by atoms with Crippen LogP contribution in [0.4, 0.5) is 5.69 Å². The first-order valence-corrected chi connectivity index (χ1v) is 8.29. The fourth-order valence-corrected chi connectivity index (χ4v) is 4.13. The number of nitrogens with zero attached hydrogens (tertiary/aromatic N) is 2. The van der Waals surface area contributed by atoms with Crippen LogP contribution >= 0.6 is 0 Å². The van der Waals surface area contributed by atoms with Gasteiger partial charge in [0.05, 0.1) is 11.9 Å². The minimum Gasteiger partial charge on any atom is -0.398 e. The standard InChI is InChI=1S/C14H18N4O2S/c1-10-14(8-16-17-10)21(19,20)18(12-6-7-12)9-11-4-2-3-5-13(11)15/h2-5,8,12H,6-7,9,15H2,1H3,(H,16,17). The SMILES string of the molecule is Cc1[nH]ncc1S(=O)(=O)N(Cc1ccccc1N)C1CC1. The van der Waals surface area contributed by atoms with E-state index in [4.69, 9.17) is 5.73 Å². The highest BCUT2D eigenvalue weighted by Crippen LogP contribution is 2.34. The van der Waals surface area contributed by atoms with Gasteiger partial charge in [-0.05, 0) is 31.4 Å². The maximum atomic E-state index is 12.8. The summed E-state index contributed by atoms with van der Waals surface area (Å²) in [4.78, 5) is 0.240. The lowest BCUT2D eigenvalue weighted by Crippen LogP contribution is -2.33. The summed E-state index contributed by atoms with van der Waals surface area (Å²) in [6.07, 6.45) is 3.15. The van der Waals surface area contributed by atoms with E-state index in [1.807, 2.05) is 18.2 Å². The molecule has 3 rings (SSSR count). The fourth-order valence-electron chi connectivity index (χ4n) is 2.34. The van der Waals surface area contributed by atoms with E-state index in [0.717, 1.165) is 18.4 Å². The number of para-hydroxylation sites is 1. The van der Waals surface area contributed by atoms with E-state index in [2.05, 4.69) is 10.2 Å². The van der Waals surface area contributed by atoms with E-state index in [1.165, 1.54) is 10.5 Å². The van der Waals surface area contributed by atoms with Crippen LogP contribution in [0.3, 0.4) is 0 Å². The van der Waals surface area contributed by atoms with Crippen LogP contribution < -0.4 is 5.73 Å². The van der Waals surface area contributed by atoms with Gasteiger partial charge in [0, 0.05) is 18.3 Å². The van der Waals surface area contributed by atoms with Gasteiger partial charge in [0.25, 0.3) is 0 Å². The smallest absolute Gasteiger partial charge is 0.247 e. The van der Waals surface area contributed by atoms with Crippen LogP contribution in [-0.2, 0) is 16.6 Å². The Kier molecular flexibility index (Phi) is 3.46. The van der Waals surface area contributed by atoms with Crippen LogP contribution in [0.15, 0.2) is 35.4 Å². The number of aromatic nitrogens is 2. The van der Waals surface area contributed by atoms with Crippen molar-refractivity contribution < 1.29 is 8.42 Å². The Morgan fingerprint density at radius 2 is 2.10 bits per heavy atom. The number of rotatable bonds is 5. The number of hydrogen-bond acceptors (Lipinski definition) is 4. The molecule has 0 aliphatic heterocycles. The summed E-state index contributed by atoms with van der Waals surface area (Å²) >= 11 is 0. The Balaban J connectivity index is 1.96. The largest absolute Gasteiger partial charge is 0.398 e. The third kappa shape index (κ3) is 2.66. The normalized spacial score (nSPS) is 15.5. The van der Waals surface area contributed by atoms with E-state index < -0.39 is 10.0 Å². The Morgan fingerprint density at radius 1 is 1.38 bits per heavy atom. The van der Waals surface area contributed by atoms with Crippen LogP contribution in [0.1, 0.15) is 24.1 Å². The van der Waals surface area contributed by atoms with Gasteiger partial charge in [-0.1, -0.05) is 18.2 Å². The second-order valence-electron chi connectivity index (χ2n) is 5.34. The molecule has 0 saturated heterocycles. The molecule has 7 heteroatoms. The number of nitrogens with one attached hydrogen (secondary N) is 1. The topological polar surface area (TPSA) is 92.1 Å². The van der Waals surface area contributed by atoms with Gasteiger partial charge in [0.15, 0.2) is 0 Å². The highest BCUT2D eigenvalue weighted by Gasteiger charge is 2.39. The number of nitrogens with two attached hydrogens (primary N) is 1. The average Bonchev–Trinajstić information content (AvgIpc) is 3.18. The molecule has 0 unspecified atom stereocenters. The van der Waals surface area contributed by atoms with Gasteiger partial charge in [-0.15, -0.1) is 0 Å². The molecule has 0 spiro atoms. The molecule has 1 aromatic carbocycles. The molecule has 0 atom stereocenters. The second kappa shape index (κ2) is 5.16. The highest BCUT2D eigenvalue weighted by molar-refractivity contribution is 7.89. The van der Waals surface area contributed by atoms with Crippen LogP contribution in [0, 0.1) is 6.92 Å². The molecule has 0 radical (unpaired) electrons. The Morgan fingerprint density at radius 3 is 2.67 bits per heavy atom. The van der Waals surface area contributed by atoms with Crippen molar-refractivity contribution in [1.82, 2.24) is 14.5 Å². The van der Waals surface area contributed by atoms with Gasteiger partial charge in [-0.2, -0.15) is 9.40 Å². The summed E-state index contributed by atoms with van der Waals surface area (Å²) in [7, 11) is -3.56. The molecular weight excluding hydrogens is 288 g/mol. The quantitative estimate of drug-likeness (QED) is 0.822. The second-order valence-corrected chi connectivity index (χ2v) is 7.20. The van der Waals surface area contributed by atoms with Gasteiger partial charge in [0.2, 0.25) is 10.0 Å². The van der Waals surface area contributed by atoms with Crippen molar-refractivity contribution in [3.63, 3.8) is 0 Å². The molecule has 1 aliphatic carbocycles. The molecular formula is C14H18N4O2S. The number of anilines is 1. The molecule has 1 fully saturated rings. The summed E-state index contributed by atoms with van der Waals surface area (Å²) in [6, 6.07) is 7.42. The minimum atomic E-state index is -3.56. The molecule has 21 heavy (non-hydrogen) atoms. The molecule has 3 N–H and O–H groups in total. The number of hydrogen-bond donors (Lipinski definition) is 2. The van der Waals surface area contributed by atoms with E-state index in [1.54, 1.807) is 13.0 Å². The van der Waals surface area contributed by atoms with Crippen LogP contribution in [0.5, 0.6) is 0 Å². The first-order valence-electron chi connectivity index (χ1n) is 6.85. The number of sulfonamides is 1. The number of benzene rings is 1. The van der Waals surface area contributed by atoms with Gasteiger partial charge in [-0.3, -0.25) is 5.10 Å². The van der Waals surface area contributed by atoms with E-state index in [9.17, 15) is 8.42 Å². The zero-order valence-electron chi connectivity index (χ0n) is 11.8. The molecule has 112 valence electrons. The van der Waals surface area contributed by atoms with Crippen molar-refractivity contribution in [2.75, 3.05) is 5.73 Å². The van der Waals surface area contributed by atoms with Crippen LogP contribution in [-0.4, -0.2) is 29.0 Å². The minimum absolute atomic E-state index is 0.0592. The first kappa shape index (κ1) is 14.1. The Labute approximate surface area is 124 Å². The fraction of sp³-hybridized carbons (Fsp3) is 0.357. The molecule has 6 nitrogen and oxygen atoms in total. The molecule has 1 heterocycles. The van der Waals surface area contributed by atoms with Crippen molar-refractivity contribution >= 4 is 15.7 Å². The number of aromatic amines is 1. The number of aryl methyl sites for hydroxylation is 1. The summed E-state index contributed by atoms with van der Waals surface area (Å²) in [5.74, 6) is 0. The van der Waals surface area contributed by atoms with E-state index >= 15 is 0 Å². The monoisotopic (exact) mass is 306 g/mol. The first-order chi connectivity index (χ1) is 10.00. The van der Waals surface area contributed by atoms with E-state index in [-0.39, 0.29) is 10.9 Å². The molecule has 1 aromatic heterocycles. The van der Waals surface area contributed by atoms with Crippen molar-refractivity contribution in [3.8, 4) is 0 Å². The van der Waals surface area contributed by atoms with Crippen molar-refractivity contribution in [2.24, 2.45) is 0 Å². The maximum absolute atomic E-state index is 12.8. The molecule has 1 aliphatic rings. The lowest BCUT2D eigenvalue weighted by Gasteiger charge is -2.22. The van der Waals surface area contributed by atoms with Crippen molar-refractivity contribution in [2.45, 2.75) is 37.2 Å². The zero-order valence-corrected chi connectivity index (χ0v) is 12.6. The van der Waals surface area contributed by atoms with Gasteiger partial charge >= 0.3 is 0 Å². The van der Waals surface area contributed by atoms with Gasteiger partial charge in [-0.25, -0.2) is 8.42 Å². The Bertz CT molecular complexity index is 750. The zero-order chi connectivity index (χ0) is 15.0. The number of nitrogen functional groups attached to an aromatic ring is 1. The lowest BCUT2D eigenvalue weighted by molar-refractivity contribution is 0.399. The predicted octanol–water partition coefficient (Wildman–Crippen LogP) is 1.65. The molecule has 2 aromatic rings. The Hall–Kier alpha value is -1.86. The van der Waals surface area contributed by atoms with Crippen molar-refractivity contribution in [3.05, 3.63) is 41.7 Å². The predicted molar refractivity (Wildman–Crippen MR) is 79.9 cm³/mol. The van der Waals surface area contributed by atoms with Crippen LogP contribution in [0.2, 0.25) is 0 Å². The van der Waals surface area contributed by atoms with Gasteiger partial charge in [0.1, 0.15) is 4.90 Å². The number of H-pyrrole nitrogens is 1. The summed E-state index contributed by atoms with van der Waals surface area (Å²) in [5, 5.41) is 6.50. The lowest BCUT2D eigenvalue weighted by atomic mass is 10.2. The van der Waals surface area contributed by atoms with Crippen LogP contribution in [0.25, 0.3) is 0 Å². The van der Waals surface area contributed by atoms with E-state index in [0.29, 0.717) is 17.9 Å². The average molecular weight is 306 g/mol. The molecule has 0 amide bonds. The third-order valence-electron chi connectivity index (χ3n) is 3.71. The van der Waals surface area contributed by atoms with Crippen molar-refractivity contribution in [1.29, 1.82) is 0 Å². The maximum Gasteiger partial charge on any atom is 0.247 e. The highest BCUT2D eigenvalue weighted by atomic mass is 32.2. The third-order valence-corrected chi connectivity index (χ3v) is 5.72. The van der Waals surface area contributed by atoms with Gasteiger partial charge < -0.3 is 5.73 Å². The molecule has 0 bridgehead atoms. The summed E-state index contributed by atoms with van der Waals surface area (Å²) in [6.45, 7) is 2.01. The summed E-state index contributed by atoms with van der Waals surface area (Å²) in [5.41, 5.74) is 7.94. The molecule has 1 saturated carbocycles. The summed E-state index contributed by atoms with van der Waals surface area (Å²) < 4.78 is 27.2.